The SMILES string of the molecule is O=C(c1cnc2cnccn12)C1CC2CCC(C1)S2=O. The van der Waals surface area contributed by atoms with Crippen molar-refractivity contribution in [2.75, 3.05) is 0 Å². The normalized spacial score (nSPS) is 32.6. The third-order valence-electron chi connectivity index (χ3n) is 4.50. The second-order valence-electron chi connectivity index (χ2n) is 5.63. The highest BCUT2D eigenvalue weighted by Crippen LogP contribution is 2.39. The Morgan fingerprint density at radius 2 is 2.00 bits per heavy atom. The maximum atomic E-state index is 12.7. The van der Waals surface area contributed by atoms with Gasteiger partial charge in [0.15, 0.2) is 11.4 Å². The van der Waals surface area contributed by atoms with Gasteiger partial charge in [0, 0.05) is 39.6 Å². The fraction of sp³-hybridized carbons (Fsp3) is 0.500. The van der Waals surface area contributed by atoms with Crippen molar-refractivity contribution in [3.8, 4) is 0 Å². The first-order valence-electron chi connectivity index (χ1n) is 6.94. The van der Waals surface area contributed by atoms with Crippen LogP contribution in [0.5, 0.6) is 0 Å². The topological polar surface area (TPSA) is 64.3 Å². The zero-order valence-corrected chi connectivity index (χ0v) is 11.8. The molecule has 2 bridgehead atoms. The Morgan fingerprint density at radius 3 is 2.75 bits per heavy atom. The van der Waals surface area contributed by atoms with Crippen molar-refractivity contribution >= 4 is 22.2 Å². The van der Waals surface area contributed by atoms with Gasteiger partial charge < -0.3 is 0 Å². The van der Waals surface area contributed by atoms with Crippen molar-refractivity contribution in [1.29, 1.82) is 0 Å². The van der Waals surface area contributed by atoms with E-state index in [2.05, 4.69) is 9.97 Å². The molecule has 0 aromatic carbocycles. The van der Waals surface area contributed by atoms with E-state index in [-0.39, 0.29) is 22.2 Å². The minimum atomic E-state index is -0.714. The van der Waals surface area contributed by atoms with E-state index in [4.69, 9.17) is 0 Å². The highest BCUT2D eigenvalue weighted by atomic mass is 32.2. The first kappa shape index (κ1) is 12.2. The maximum Gasteiger partial charge on any atom is 0.184 e. The number of imidazole rings is 1. The van der Waals surface area contributed by atoms with Gasteiger partial charge in [0.1, 0.15) is 5.69 Å². The Bertz CT molecular complexity index is 695. The molecule has 0 radical (unpaired) electrons. The molecule has 0 saturated carbocycles. The summed E-state index contributed by atoms with van der Waals surface area (Å²) in [7, 11) is -0.714. The molecule has 20 heavy (non-hydrogen) atoms. The van der Waals surface area contributed by atoms with Gasteiger partial charge in [-0.2, -0.15) is 0 Å². The Balaban J connectivity index is 1.66. The number of rotatable bonds is 2. The number of Topliss-reactive ketones (excluding diaryl/α,β-unsaturated/α-hetero) is 1. The van der Waals surface area contributed by atoms with Crippen molar-refractivity contribution in [3.05, 3.63) is 30.5 Å². The summed E-state index contributed by atoms with van der Waals surface area (Å²) in [6.07, 6.45) is 10.3. The van der Waals surface area contributed by atoms with E-state index >= 15 is 0 Å². The van der Waals surface area contributed by atoms with Crippen LogP contribution in [0.25, 0.3) is 5.65 Å². The van der Waals surface area contributed by atoms with Crippen LogP contribution in [-0.2, 0) is 10.8 Å². The van der Waals surface area contributed by atoms with Gasteiger partial charge in [-0.25, -0.2) is 4.98 Å². The predicted octanol–water partition coefficient (Wildman–Crippen LogP) is 1.60. The number of fused-ring (bicyclic) bond motifs is 3. The van der Waals surface area contributed by atoms with Crippen LogP contribution in [0.1, 0.15) is 36.2 Å². The van der Waals surface area contributed by atoms with Crippen LogP contribution in [0.4, 0.5) is 0 Å². The summed E-state index contributed by atoms with van der Waals surface area (Å²) in [5.74, 6) is 0.135. The molecular weight excluding hydrogens is 274 g/mol. The maximum absolute atomic E-state index is 12.7. The summed E-state index contributed by atoms with van der Waals surface area (Å²) < 4.78 is 13.8. The van der Waals surface area contributed by atoms with Crippen LogP contribution in [-0.4, -0.2) is 34.9 Å². The van der Waals surface area contributed by atoms with Crippen LogP contribution in [0.15, 0.2) is 24.8 Å². The van der Waals surface area contributed by atoms with Crippen molar-refractivity contribution in [3.63, 3.8) is 0 Å². The highest BCUT2D eigenvalue weighted by molar-refractivity contribution is 7.86. The van der Waals surface area contributed by atoms with E-state index in [1.807, 2.05) is 0 Å². The Hall–Kier alpha value is -1.56. The largest absolute Gasteiger partial charge is 0.294 e. The van der Waals surface area contributed by atoms with Crippen molar-refractivity contribution in [1.82, 2.24) is 14.4 Å². The van der Waals surface area contributed by atoms with Crippen LogP contribution in [0.2, 0.25) is 0 Å². The monoisotopic (exact) mass is 289 g/mol. The molecule has 0 aliphatic carbocycles. The predicted molar refractivity (Wildman–Crippen MR) is 75.0 cm³/mol. The molecule has 104 valence electrons. The lowest BCUT2D eigenvalue weighted by atomic mass is 9.93. The lowest BCUT2D eigenvalue weighted by Crippen LogP contribution is -2.32. The average Bonchev–Trinajstić information content (AvgIpc) is 2.95. The van der Waals surface area contributed by atoms with Gasteiger partial charge in [-0.15, -0.1) is 0 Å². The van der Waals surface area contributed by atoms with Crippen LogP contribution >= 0.6 is 0 Å². The van der Waals surface area contributed by atoms with Gasteiger partial charge in [-0.1, -0.05) is 0 Å². The Kier molecular flexibility index (Phi) is 2.73. The number of ketones is 1. The van der Waals surface area contributed by atoms with Crippen molar-refractivity contribution in [2.45, 2.75) is 36.2 Å². The van der Waals surface area contributed by atoms with Gasteiger partial charge in [0.25, 0.3) is 0 Å². The summed E-state index contributed by atoms with van der Waals surface area (Å²) in [4.78, 5) is 21.0. The summed E-state index contributed by atoms with van der Waals surface area (Å²) in [6, 6.07) is 0. The number of hydrogen-bond donors (Lipinski definition) is 0. The minimum Gasteiger partial charge on any atom is -0.294 e. The third kappa shape index (κ3) is 1.74. The average molecular weight is 289 g/mol. The first-order valence-corrected chi connectivity index (χ1v) is 8.22. The zero-order valence-electron chi connectivity index (χ0n) is 10.9. The van der Waals surface area contributed by atoms with E-state index in [1.54, 1.807) is 29.2 Å². The molecule has 4 rings (SSSR count). The lowest BCUT2D eigenvalue weighted by Gasteiger charge is -2.25. The zero-order chi connectivity index (χ0) is 13.7. The highest BCUT2D eigenvalue weighted by Gasteiger charge is 2.43. The Labute approximate surface area is 118 Å². The molecule has 2 aliphatic heterocycles. The number of aromatic nitrogens is 3. The standard InChI is InChI=1S/C14H15N3O2S/c18-14(9-5-10-1-2-11(6-9)20(10)19)12-7-16-13-8-15-3-4-17(12)13/h3-4,7-11H,1-2,5-6H2. The van der Waals surface area contributed by atoms with Gasteiger partial charge in [0.05, 0.1) is 12.4 Å². The third-order valence-corrected chi connectivity index (χ3v) is 6.67. The number of carbonyl (C=O) groups excluding carboxylic acids is 1. The van der Waals surface area contributed by atoms with Crippen LogP contribution in [0, 0.1) is 5.92 Å². The van der Waals surface area contributed by atoms with E-state index in [1.165, 1.54) is 0 Å². The van der Waals surface area contributed by atoms with Gasteiger partial charge in [-0.05, 0) is 25.7 Å². The second kappa shape index (κ2) is 4.48. The number of hydrogen-bond acceptors (Lipinski definition) is 4. The molecule has 0 amide bonds. The van der Waals surface area contributed by atoms with E-state index in [9.17, 15) is 9.00 Å². The molecule has 2 aromatic rings. The quantitative estimate of drug-likeness (QED) is 0.788. The fourth-order valence-electron chi connectivity index (χ4n) is 3.48. The van der Waals surface area contributed by atoms with Gasteiger partial charge >= 0.3 is 0 Å². The molecule has 4 heterocycles. The smallest absolute Gasteiger partial charge is 0.184 e. The van der Waals surface area contributed by atoms with Gasteiger partial charge in [-0.3, -0.25) is 18.4 Å². The Morgan fingerprint density at radius 1 is 1.25 bits per heavy atom. The van der Waals surface area contributed by atoms with Crippen molar-refractivity contribution < 1.29 is 9.00 Å². The molecule has 2 fully saturated rings. The van der Waals surface area contributed by atoms with Gasteiger partial charge in [0.2, 0.25) is 0 Å². The van der Waals surface area contributed by atoms with E-state index in [0.29, 0.717) is 11.3 Å². The summed E-state index contributed by atoms with van der Waals surface area (Å²) in [6.45, 7) is 0. The number of nitrogens with zero attached hydrogens (tertiary/aromatic N) is 3. The summed E-state index contributed by atoms with van der Waals surface area (Å²) in [5, 5.41) is 0.451. The molecule has 0 N–H and O–H groups in total. The fourth-order valence-corrected chi connectivity index (χ4v) is 5.61. The lowest BCUT2D eigenvalue weighted by molar-refractivity contribution is 0.0900. The summed E-state index contributed by atoms with van der Waals surface area (Å²) >= 11 is 0. The molecular formula is C14H15N3O2S. The van der Waals surface area contributed by atoms with Crippen LogP contribution in [0.3, 0.4) is 0 Å². The first-order chi connectivity index (χ1) is 9.74. The molecule has 2 atom stereocenters. The second-order valence-corrected chi connectivity index (χ2v) is 7.62. The molecule has 5 nitrogen and oxygen atoms in total. The molecule has 2 aliphatic rings. The van der Waals surface area contributed by atoms with E-state index in [0.717, 1.165) is 25.7 Å². The minimum absolute atomic E-state index is 0.00161. The molecule has 2 saturated heterocycles. The number of carbonyl (C=O) groups is 1. The molecule has 2 unspecified atom stereocenters. The van der Waals surface area contributed by atoms with Crippen molar-refractivity contribution in [2.24, 2.45) is 5.92 Å². The molecule has 6 heteroatoms. The molecule has 0 spiro atoms. The molecule has 2 aromatic heterocycles. The summed E-state index contributed by atoms with van der Waals surface area (Å²) in [5.41, 5.74) is 1.32. The van der Waals surface area contributed by atoms with Crippen LogP contribution < -0.4 is 0 Å². The van der Waals surface area contributed by atoms with E-state index < -0.39 is 10.8 Å².